The molecule has 0 saturated carbocycles. The number of carbonyl (C=O) groups is 1. The van der Waals surface area contributed by atoms with Gasteiger partial charge in [0, 0.05) is 12.2 Å². The second-order valence-corrected chi connectivity index (χ2v) is 11.8. The van der Waals surface area contributed by atoms with E-state index in [9.17, 15) is 22.2 Å². The molecule has 2 N–H and O–H groups in total. The summed E-state index contributed by atoms with van der Waals surface area (Å²) in [4.78, 5) is 25.6. The molecule has 4 rings (SSSR count). The van der Waals surface area contributed by atoms with Gasteiger partial charge >= 0.3 is 0 Å². The van der Waals surface area contributed by atoms with Crippen molar-refractivity contribution < 1.29 is 26.9 Å². The number of nitrogens with zero attached hydrogens (tertiary/aromatic N) is 4. The molecule has 0 radical (unpaired) electrons. The lowest BCUT2D eigenvalue weighted by atomic mass is 9.96. The van der Waals surface area contributed by atoms with E-state index in [1.807, 2.05) is 0 Å². The summed E-state index contributed by atoms with van der Waals surface area (Å²) in [5, 5.41) is 0. The molecule has 12 heteroatoms. The van der Waals surface area contributed by atoms with Crippen LogP contribution in [0.5, 0.6) is 5.75 Å². The number of ether oxygens (including phenoxy) is 1. The highest BCUT2D eigenvalue weighted by molar-refractivity contribution is 7.95. The van der Waals surface area contributed by atoms with Crippen LogP contribution >= 0.6 is 0 Å². The molecular formula is C23H26F3N5O3S. The van der Waals surface area contributed by atoms with Gasteiger partial charge in [-0.25, -0.2) is 26.7 Å². The molecule has 0 spiro atoms. The number of aromatic nitrogens is 2. The standard InChI is InChI=1S/C23H26F3N5O3S/c1-22(13-35(33)23(2,21(27)31-22)8-3-9-29-35)20-16(24)6-4-14(30-20)10-18(32)17-7-5-15(11-28-17)34-12-19(25)26/h4-7,11,19H,3,8-10,12-13H2,1-2H3,(H2,27,31). The van der Waals surface area contributed by atoms with Crippen molar-refractivity contribution in [1.29, 1.82) is 0 Å². The zero-order chi connectivity index (χ0) is 25.4. The third-order valence-corrected chi connectivity index (χ3v) is 9.73. The fourth-order valence-corrected chi connectivity index (χ4v) is 7.27. The zero-order valence-corrected chi connectivity index (χ0v) is 20.2. The van der Waals surface area contributed by atoms with Gasteiger partial charge < -0.3 is 10.5 Å². The molecule has 0 amide bonds. The summed E-state index contributed by atoms with van der Waals surface area (Å²) in [5.74, 6) is -0.811. The van der Waals surface area contributed by atoms with Crippen LogP contribution in [-0.4, -0.2) is 55.9 Å². The first-order chi connectivity index (χ1) is 16.5. The number of hydrogen-bond acceptors (Lipinski definition) is 8. The van der Waals surface area contributed by atoms with E-state index in [1.54, 1.807) is 13.8 Å². The molecule has 2 aliphatic rings. The molecule has 4 heterocycles. The Labute approximate surface area is 201 Å². The second kappa shape index (κ2) is 9.21. The Kier molecular flexibility index (Phi) is 6.60. The van der Waals surface area contributed by atoms with Gasteiger partial charge in [0.1, 0.15) is 45.7 Å². The number of halogens is 3. The Morgan fingerprint density at radius 3 is 2.71 bits per heavy atom. The zero-order valence-electron chi connectivity index (χ0n) is 19.3. The Balaban J connectivity index is 1.59. The number of alkyl halides is 2. The molecule has 3 atom stereocenters. The molecule has 0 aliphatic carbocycles. The van der Waals surface area contributed by atoms with Crippen LogP contribution in [0.2, 0.25) is 0 Å². The minimum atomic E-state index is -2.82. The van der Waals surface area contributed by atoms with Crippen molar-refractivity contribution in [2.45, 2.75) is 49.8 Å². The predicted octanol–water partition coefficient (Wildman–Crippen LogP) is 3.29. The highest BCUT2D eigenvalue weighted by atomic mass is 32.2. The minimum absolute atomic E-state index is 0.0276. The molecule has 8 nitrogen and oxygen atoms in total. The van der Waals surface area contributed by atoms with Gasteiger partial charge in [0.05, 0.1) is 28.1 Å². The number of nitrogens with two attached hydrogens (primary N) is 1. The molecule has 2 aromatic rings. The van der Waals surface area contributed by atoms with E-state index in [-0.39, 0.29) is 40.8 Å². The number of aliphatic imine (C=N–C) groups is 1. The van der Waals surface area contributed by atoms with Crippen molar-refractivity contribution in [3.63, 3.8) is 0 Å². The van der Waals surface area contributed by atoms with Crippen LogP contribution in [0, 0.1) is 5.82 Å². The van der Waals surface area contributed by atoms with Gasteiger partial charge in [-0.15, -0.1) is 0 Å². The van der Waals surface area contributed by atoms with Gasteiger partial charge in [-0.1, -0.05) is 0 Å². The van der Waals surface area contributed by atoms with Crippen molar-refractivity contribution >= 4 is 21.3 Å². The largest absolute Gasteiger partial charge is 0.486 e. The van der Waals surface area contributed by atoms with E-state index >= 15 is 0 Å². The van der Waals surface area contributed by atoms with Crippen LogP contribution in [0.1, 0.15) is 48.6 Å². The minimum Gasteiger partial charge on any atom is -0.486 e. The summed E-state index contributed by atoms with van der Waals surface area (Å²) in [6.45, 7) is 3.07. The summed E-state index contributed by atoms with van der Waals surface area (Å²) in [7, 11) is -2.82. The maximum absolute atomic E-state index is 14.9. The molecule has 0 bridgehead atoms. The number of ketones is 1. The summed E-state index contributed by atoms with van der Waals surface area (Å²) >= 11 is 0. The predicted molar refractivity (Wildman–Crippen MR) is 125 cm³/mol. The van der Waals surface area contributed by atoms with Crippen molar-refractivity contribution in [3.05, 3.63) is 53.4 Å². The number of Topliss-reactive ketones (excluding diaryl/α,β-unsaturated/α-hetero) is 1. The summed E-state index contributed by atoms with van der Waals surface area (Å²) in [6.07, 6.45) is -0.299. The van der Waals surface area contributed by atoms with Crippen LogP contribution in [-0.2, 0) is 21.7 Å². The van der Waals surface area contributed by atoms with Gasteiger partial charge in [-0.05, 0) is 51.0 Å². The first-order valence-corrected chi connectivity index (χ1v) is 12.8. The lowest BCUT2D eigenvalue weighted by Crippen LogP contribution is -2.57. The van der Waals surface area contributed by atoms with E-state index in [0.717, 1.165) is 6.42 Å². The van der Waals surface area contributed by atoms with Crippen LogP contribution in [0.4, 0.5) is 13.2 Å². The van der Waals surface area contributed by atoms with Gasteiger partial charge in [0.15, 0.2) is 5.78 Å². The average molecular weight is 510 g/mol. The number of amidine groups is 1. The molecule has 0 aromatic carbocycles. The third kappa shape index (κ3) is 4.75. The molecule has 2 aliphatic heterocycles. The Morgan fingerprint density at radius 2 is 2.03 bits per heavy atom. The van der Waals surface area contributed by atoms with E-state index in [1.165, 1.54) is 30.5 Å². The van der Waals surface area contributed by atoms with Gasteiger partial charge in [-0.2, -0.15) is 0 Å². The van der Waals surface area contributed by atoms with Crippen molar-refractivity contribution in [2.75, 3.05) is 18.9 Å². The topological polar surface area (TPSA) is 120 Å². The van der Waals surface area contributed by atoms with Crippen LogP contribution < -0.4 is 10.5 Å². The maximum atomic E-state index is 14.9. The highest BCUT2D eigenvalue weighted by Crippen LogP contribution is 2.41. The first kappa shape index (κ1) is 25.1. The first-order valence-electron chi connectivity index (χ1n) is 11.1. The highest BCUT2D eigenvalue weighted by Gasteiger charge is 2.51. The van der Waals surface area contributed by atoms with Crippen molar-refractivity contribution in [3.8, 4) is 5.75 Å². The molecule has 3 unspecified atom stereocenters. The monoisotopic (exact) mass is 509 g/mol. The SMILES string of the molecule is CC1(c2nc(CC(=O)c3ccc(OCC(F)F)cn3)ccc2F)CS2(=O)=NCCCC2(C)C(N)=N1. The van der Waals surface area contributed by atoms with E-state index in [0.29, 0.717) is 13.0 Å². The quantitative estimate of drug-likeness (QED) is 0.572. The summed E-state index contributed by atoms with van der Waals surface area (Å²) < 4.78 is 61.7. The lowest BCUT2D eigenvalue weighted by molar-refractivity contribution is 0.0816. The van der Waals surface area contributed by atoms with Gasteiger partial charge in [0.25, 0.3) is 6.43 Å². The number of fused-ring (bicyclic) bond motifs is 1. The second-order valence-electron chi connectivity index (χ2n) is 9.06. The Morgan fingerprint density at radius 1 is 1.26 bits per heavy atom. The molecule has 35 heavy (non-hydrogen) atoms. The number of hydrogen-bond donors (Lipinski definition) is 1. The lowest BCUT2D eigenvalue weighted by Gasteiger charge is -2.43. The fraction of sp³-hybridized carbons (Fsp3) is 0.478. The summed E-state index contributed by atoms with van der Waals surface area (Å²) in [6, 6.07) is 5.30. The fourth-order valence-electron chi connectivity index (χ4n) is 4.35. The van der Waals surface area contributed by atoms with E-state index in [4.69, 9.17) is 10.5 Å². The summed E-state index contributed by atoms with van der Waals surface area (Å²) in [5.41, 5.74) is 5.24. The molecule has 188 valence electrons. The molecular weight excluding hydrogens is 483 g/mol. The number of pyridine rings is 2. The van der Waals surface area contributed by atoms with Crippen molar-refractivity contribution in [1.82, 2.24) is 9.97 Å². The number of rotatable bonds is 7. The van der Waals surface area contributed by atoms with E-state index < -0.39 is 44.6 Å². The Hall–Kier alpha value is -3.02. The van der Waals surface area contributed by atoms with Gasteiger partial charge in [-0.3, -0.25) is 14.8 Å². The molecule has 2 aromatic heterocycles. The number of carbonyl (C=O) groups excluding carboxylic acids is 1. The Bertz CT molecular complexity index is 1290. The molecule has 0 saturated heterocycles. The molecule has 0 fully saturated rings. The van der Waals surface area contributed by atoms with Crippen LogP contribution in [0.15, 0.2) is 39.8 Å². The van der Waals surface area contributed by atoms with E-state index in [2.05, 4.69) is 19.3 Å². The third-order valence-electron chi connectivity index (χ3n) is 6.36. The average Bonchev–Trinajstić information content (AvgIpc) is 2.80. The van der Waals surface area contributed by atoms with Gasteiger partial charge in [0.2, 0.25) is 0 Å². The van der Waals surface area contributed by atoms with Crippen LogP contribution in [0.3, 0.4) is 0 Å². The smallest absolute Gasteiger partial charge is 0.272 e. The maximum Gasteiger partial charge on any atom is 0.272 e. The van der Waals surface area contributed by atoms with Crippen molar-refractivity contribution in [2.24, 2.45) is 15.1 Å². The van der Waals surface area contributed by atoms with Crippen LogP contribution in [0.25, 0.3) is 0 Å². The normalized spacial score (nSPS) is 28.1.